The average Bonchev–Trinajstić information content (AvgIpc) is 2.82. The average molecular weight is 239 g/mol. The number of piperidine rings is 1. The summed E-state index contributed by atoms with van der Waals surface area (Å²) in [4.78, 5) is 17.3. The number of nitrogens with zero attached hydrogens (tertiary/aromatic N) is 1. The Morgan fingerprint density at radius 3 is 3.25 bits per heavy atom. The van der Waals surface area contributed by atoms with E-state index in [0.717, 1.165) is 35.7 Å². The number of rotatable bonds is 1. The predicted octanol–water partition coefficient (Wildman–Crippen LogP) is 0.718. The minimum Gasteiger partial charge on any atom is -0.404 e. The molecule has 16 heavy (non-hydrogen) atoms. The van der Waals surface area contributed by atoms with E-state index < -0.39 is 0 Å². The number of nitrogens with two attached hydrogens (primary N) is 1. The number of carbonyl (C=O) groups excluding carboxylic acids is 1. The van der Waals surface area contributed by atoms with Gasteiger partial charge in [0, 0.05) is 17.5 Å². The van der Waals surface area contributed by atoms with Crippen molar-refractivity contribution in [3.05, 3.63) is 10.9 Å². The molecule has 0 radical (unpaired) electrons. The highest BCUT2D eigenvalue weighted by molar-refractivity contribution is 7.14. The summed E-state index contributed by atoms with van der Waals surface area (Å²) in [6, 6.07) is -0.175. The molecule has 1 aromatic rings. The zero-order chi connectivity index (χ0) is 11.1. The molecule has 2 aliphatic rings. The topological polar surface area (TPSA) is 67.6 Å². The lowest BCUT2D eigenvalue weighted by atomic mass is 10.1. The monoisotopic (exact) mass is 239 g/mol. The fourth-order valence-electron chi connectivity index (χ4n) is 2.13. The summed E-state index contributed by atoms with van der Waals surface area (Å²) in [6.45, 7) is 1.38. The van der Waals surface area contributed by atoms with Gasteiger partial charge >= 0.3 is 0 Å². The smallest absolute Gasteiger partial charge is 0.240 e. The lowest BCUT2D eigenvalue weighted by molar-refractivity contribution is -0.145. The minimum absolute atomic E-state index is 0.0543. The van der Waals surface area contributed by atoms with Crippen LogP contribution in [0.5, 0.6) is 5.75 Å². The molecule has 0 aliphatic carbocycles. The van der Waals surface area contributed by atoms with Crippen molar-refractivity contribution in [2.75, 3.05) is 12.3 Å². The van der Waals surface area contributed by atoms with Crippen LogP contribution in [-0.2, 0) is 11.3 Å². The van der Waals surface area contributed by atoms with Crippen LogP contribution in [0, 0.1) is 0 Å². The summed E-state index contributed by atoms with van der Waals surface area (Å²) in [5.74, 6) is 0.861. The van der Waals surface area contributed by atoms with Gasteiger partial charge in [-0.15, -0.1) is 16.4 Å². The number of hydroxylamine groups is 2. The molecule has 0 aromatic carbocycles. The van der Waals surface area contributed by atoms with Crippen molar-refractivity contribution in [1.29, 1.82) is 0 Å². The number of amides is 1. The van der Waals surface area contributed by atoms with Crippen LogP contribution in [0.15, 0.2) is 5.38 Å². The lowest BCUT2D eigenvalue weighted by Gasteiger charge is -2.28. The molecule has 0 bridgehead atoms. The molecule has 2 aliphatic heterocycles. The summed E-state index contributed by atoms with van der Waals surface area (Å²) in [7, 11) is 0. The molecule has 6 heteroatoms. The maximum Gasteiger partial charge on any atom is 0.240 e. The molecule has 3 rings (SSSR count). The van der Waals surface area contributed by atoms with E-state index in [4.69, 9.17) is 10.6 Å². The van der Waals surface area contributed by atoms with E-state index in [1.54, 1.807) is 5.06 Å². The Morgan fingerprint density at radius 2 is 2.50 bits per heavy atom. The van der Waals surface area contributed by atoms with E-state index in [-0.39, 0.29) is 11.9 Å². The first-order valence-electron chi connectivity index (χ1n) is 5.34. The summed E-state index contributed by atoms with van der Waals surface area (Å²) in [5, 5.41) is 7.27. The summed E-state index contributed by atoms with van der Waals surface area (Å²) < 4.78 is 0. The van der Waals surface area contributed by atoms with Crippen LogP contribution in [-0.4, -0.2) is 23.6 Å². The number of carbonyl (C=O) groups is 1. The predicted molar refractivity (Wildman–Crippen MR) is 60.9 cm³/mol. The molecule has 1 unspecified atom stereocenters. The van der Waals surface area contributed by atoms with Crippen LogP contribution in [0.4, 0.5) is 5.00 Å². The standard InChI is InChI=1S/C10H13N3O2S/c11-9-6-4-13(15-8(6)5-16-9)7-2-1-3-12-10(7)14/h5,7H,1-4,11H2,(H,12,14). The van der Waals surface area contributed by atoms with Gasteiger partial charge in [-0.1, -0.05) is 0 Å². The Balaban J connectivity index is 1.77. The third-order valence-corrected chi connectivity index (χ3v) is 3.85. The van der Waals surface area contributed by atoms with Gasteiger partial charge in [0.15, 0.2) is 5.75 Å². The van der Waals surface area contributed by atoms with Gasteiger partial charge in [-0.05, 0) is 12.8 Å². The summed E-state index contributed by atoms with van der Waals surface area (Å²) in [5.41, 5.74) is 6.85. The van der Waals surface area contributed by atoms with Crippen LogP contribution in [0.3, 0.4) is 0 Å². The number of nitrogen functional groups attached to an aromatic ring is 1. The minimum atomic E-state index is -0.175. The fourth-order valence-corrected chi connectivity index (χ4v) is 2.86. The van der Waals surface area contributed by atoms with E-state index in [9.17, 15) is 4.79 Å². The van der Waals surface area contributed by atoms with Crippen molar-refractivity contribution in [3.8, 4) is 5.75 Å². The van der Waals surface area contributed by atoms with Crippen LogP contribution in [0.2, 0.25) is 0 Å². The highest BCUT2D eigenvalue weighted by Crippen LogP contribution is 2.39. The Bertz CT molecular complexity index is 432. The van der Waals surface area contributed by atoms with Crippen molar-refractivity contribution < 1.29 is 9.63 Å². The zero-order valence-corrected chi connectivity index (χ0v) is 9.55. The molecule has 1 saturated heterocycles. The Labute approximate surface area is 97.1 Å². The van der Waals surface area contributed by atoms with Gasteiger partial charge in [0.25, 0.3) is 0 Å². The number of anilines is 1. The Morgan fingerprint density at radius 1 is 1.62 bits per heavy atom. The zero-order valence-electron chi connectivity index (χ0n) is 8.73. The third-order valence-electron chi connectivity index (χ3n) is 3.02. The third kappa shape index (κ3) is 1.45. The second-order valence-electron chi connectivity index (χ2n) is 4.06. The molecule has 1 amide bonds. The molecule has 5 nitrogen and oxygen atoms in total. The number of hydrogen-bond donors (Lipinski definition) is 2. The number of thiophene rings is 1. The highest BCUT2D eigenvalue weighted by Gasteiger charge is 2.35. The SMILES string of the molecule is Nc1scc2c1CN(C1CCCNC1=O)O2. The van der Waals surface area contributed by atoms with Crippen molar-refractivity contribution >= 4 is 22.2 Å². The number of hydrogen-bond acceptors (Lipinski definition) is 5. The van der Waals surface area contributed by atoms with E-state index in [1.165, 1.54) is 11.3 Å². The van der Waals surface area contributed by atoms with Gasteiger partial charge in [0.1, 0.15) is 6.04 Å². The molecule has 0 saturated carbocycles. The first-order valence-corrected chi connectivity index (χ1v) is 6.22. The molecule has 3 N–H and O–H groups in total. The van der Waals surface area contributed by atoms with E-state index in [2.05, 4.69) is 5.32 Å². The molecule has 86 valence electrons. The second kappa shape index (κ2) is 3.64. The maximum absolute atomic E-state index is 11.7. The van der Waals surface area contributed by atoms with Gasteiger partial charge in [-0.25, -0.2) is 0 Å². The van der Waals surface area contributed by atoms with Crippen molar-refractivity contribution in [2.24, 2.45) is 0 Å². The molecule has 0 spiro atoms. The van der Waals surface area contributed by atoms with Gasteiger partial charge in [-0.3, -0.25) is 4.79 Å². The first kappa shape index (κ1) is 9.92. The molecular weight excluding hydrogens is 226 g/mol. The van der Waals surface area contributed by atoms with Crippen molar-refractivity contribution in [3.63, 3.8) is 0 Å². The van der Waals surface area contributed by atoms with E-state index in [0.29, 0.717) is 6.54 Å². The quantitative estimate of drug-likeness (QED) is 0.757. The Hall–Kier alpha value is -1.27. The van der Waals surface area contributed by atoms with Crippen LogP contribution < -0.4 is 15.9 Å². The summed E-state index contributed by atoms with van der Waals surface area (Å²) in [6.07, 6.45) is 1.85. The van der Waals surface area contributed by atoms with E-state index >= 15 is 0 Å². The van der Waals surface area contributed by atoms with Crippen LogP contribution in [0.1, 0.15) is 18.4 Å². The fraction of sp³-hybridized carbons (Fsp3) is 0.500. The van der Waals surface area contributed by atoms with Gasteiger partial charge in [-0.2, -0.15) is 0 Å². The first-order chi connectivity index (χ1) is 7.75. The molecule has 1 atom stereocenters. The van der Waals surface area contributed by atoms with Gasteiger partial charge < -0.3 is 15.9 Å². The largest absolute Gasteiger partial charge is 0.404 e. The molecule has 1 aromatic heterocycles. The van der Waals surface area contributed by atoms with Gasteiger partial charge in [0.2, 0.25) is 5.91 Å². The normalized spacial score (nSPS) is 25.0. The molecular formula is C10H13N3O2S. The lowest BCUT2D eigenvalue weighted by Crippen LogP contribution is -2.49. The second-order valence-corrected chi connectivity index (χ2v) is 4.97. The van der Waals surface area contributed by atoms with E-state index in [1.807, 2.05) is 5.38 Å². The van der Waals surface area contributed by atoms with Crippen LogP contribution >= 0.6 is 11.3 Å². The van der Waals surface area contributed by atoms with Crippen LogP contribution in [0.25, 0.3) is 0 Å². The molecule has 1 fully saturated rings. The Kier molecular flexibility index (Phi) is 2.26. The number of nitrogens with one attached hydrogen (secondary N) is 1. The highest BCUT2D eigenvalue weighted by atomic mass is 32.1. The van der Waals surface area contributed by atoms with Crippen molar-refractivity contribution in [1.82, 2.24) is 10.4 Å². The number of fused-ring (bicyclic) bond motifs is 1. The van der Waals surface area contributed by atoms with Gasteiger partial charge in [0.05, 0.1) is 11.5 Å². The maximum atomic E-state index is 11.7. The summed E-state index contributed by atoms with van der Waals surface area (Å²) >= 11 is 1.48. The van der Waals surface area contributed by atoms with Crippen molar-refractivity contribution in [2.45, 2.75) is 25.4 Å². The molecule has 3 heterocycles.